The van der Waals surface area contributed by atoms with Gasteiger partial charge >= 0.3 is 6.09 Å². The summed E-state index contributed by atoms with van der Waals surface area (Å²) >= 11 is 5.66. The summed E-state index contributed by atoms with van der Waals surface area (Å²) in [5, 5.41) is 2.74. The lowest BCUT2D eigenvalue weighted by Gasteiger charge is -2.57. The fraction of sp³-hybridized carbons (Fsp3) is 0.818. The van der Waals surface area contributed by atoms with E-state index in [4.69, 9.17) is 16.3 Å². The summed E-state index contributed by atoms with van der Waals surface area (Å²) < 4.78 is 5.85. The zero-order valence-corrected chi connectivity index (χ0v) is 17.3. The number of allylic oxidation sites excluding steroid dienone is 1. The minimum atomic E-state index is -0.323. The van der Waals surface area contributed by atoms with Gasteiger partial charge < -0.3 is 10.1 Å². The highest BCUT2D eigenvalue weighted by Gasteiger charge is 2.59. The van der Waals surface area contributed by atoms with E-state index in [2.05, 4.69) is 19.2 Å². The maximum Gasteiger partial charge on any atom is 0.407 e. The first-order valence-corrected chi connectivity index (χ1v) is 11.2. The molecular formula is C22H32ClNO3. The van der Waals surface area contributed by atoms with Crippen molar-refractivity contribution >= 4 is 23.5 Å². The highest BCUT2D eigenvalue weighted by atomic mass is 35.5. The molecule has 0 unspecified atom stereocenters. The van der Waals surface area contributed by atoms with Gasteiger partial charge in [0.2, 0.25) is 0 Å². The quantitative estimate of drug-likeness (QED) is 0.697. The zero-order valence-electron chi connectivity index (χ0n) is 16.6. The van der Waals surface area contributed by atoms with E-state index in [1.165, 1.54) is 18.4 Å². The lowest BCUT2D eigenvalue weighted by Crippen LogP contribution is -2.52. The molecule has 27 heavy (non-hydrogen) atoms. The Morgan fingerprint density at radius 1 is 1.19 bits per heavy atom. The van der Waals surface area contributed by atoms with E-state index in [1.54, 1.807) is 0 Å². The minimum Gasteiger partial charge on any atom is -0.446 e. The van der Waals surface area contributed by atoms with Crippen molar-refractivity contribution in [3.05, 3.63) is 11.6 Å². The molecule has 0 aromatic rings. The number of alkyl carbamates (subject to hydrolysis) is 1. The molecule has 1 N–H and O–H groups in total. The van der Waals surface area contributed by atoms with Crippen molar-refractivity contribution in [2.45, 2.75) is 71.3 Å². The first-order chi connectivity index (χ1) is 12.9. The third kappa shape index (κ3) is 3.12. The average molecular weight is 394 g/mol. The van der Waals surface area contributed by atoms with Gasteiger partial charge in [0.25, 0.3) is 0 Å². The number of carbonyl (C=O) groups excluding carboxylic acids is 2. The highest BCUT2D eigenvalue weighted by Crippen LogP contribution is 2.65. The number of ketones is 1. The number of hydrogen-bond acceptors (Lipinski definition) is 3. The summed E-state index contributed by atoms with van der Waals surface area (Å²) in [5.41, 5.74) is 1.70. The standard InChI is InChI=1S/C22H32ClNO3/c1-21-9-7-15(25)13-14(21)3-4-16-17-5-6-19(27-20(26)24-12-11-23)22(17,2)10-8-18(16)21/h13,16-19H,3-12H2,1-2H3,(H,24,26)/t16-,17-,18-,19+,21-,22-/m0/s1. The maximum atomic E-state index is 12.1. The molecule has 0 aromatic carbocycles. The molecule has 0 radical (unpaired) electrons. The molecule has 1 amide bonds. The van der Waals surface area contributed by atoms with Crippen molar-refractivity contribution in [2.75, 3.05) is 12.4 Å². The summed E-state index contributed by atoms with van der Waals surface area (Å²) in [4.78, 5) is 24.0. The van der Waals surface area contributed by atoms with Crippen LogP contribution in [-0.4, -0.2) is 30.4 Å². The summed E-state index contributed by atoms with van der Waals surface area (Å²) in [7, 11) is 0. The summed E-state index contributed by atoms with van der Waals surface area (Å²) in [6.45, 7) is 5.20. The van der Waals surface area contributed by atoms with Crippen LogP contribution in [0.25, 0.3) is 0 Å². The predicted molar refractivity (Wildman–Crippen MR) is 106 cm³/mol. The Labute approximate surface area is 167 Å². The molecule has 4 aliphatic carbocycles. The number of amides is 1. The first kappa shape index (κ1) is 19.3. The van der Waals surface area contributed by atoms with Gasteiger partial charge in [-0.1, -0.05) is 19.4 Å². The zero-order chi connectivity index (χ0) is 19.2. The molecule has 5 heteroatoms. The minimum absolute atomic E-state index is 0.0106. The normalized spacial score (nSPS) is 43.2. The van der Waals surface area contributed by atoms with E-state index in [0.29, 0.717) is 42.4 Å². The molecular weight excluding hydrogens is 362 g/mol. The van der Waals surface area contributed by atoms with Crippen molar-refractivity contribution in [1.82, 2.24) is 5.32 Å². The van der Waals surface area contributed by atoms with E-state index in [9.17, 15) is 9.59 Å². The monoisotopic (exact) mass is 393 g/mol. The molecule has 0 aliphatic heterocycles. The Kier molecular flexibility index (Phi) is 5.07. The van der Waals surface area contributed by atoms with Crippen LogP contribution in [0.4, 0.5) is 4.79 Å². The van der Waals surface area contributed by atoms with E-state index in [1.807, 2.05) is 6.08 Å². The molecule has 0 spiro atoms. The average Bonchev–Trinajstić information content (AvgIpc) is 2.97. The second-order valence-electron chi connectivity index (χ2n) is 9.60. The number of ether oxygens (including phenoxy) is 1. The molecule has 3 saturated carbocycles. The van der Waals surface area contributed by atoms with Crippen LogP contribution in [0.3, 0.4) is 0 Å². The van der Waals surface area contributed by atoms with Gasteiger partial charge in [0.05, 0.1) is 0 Å². The second kappa shape index (κ2) is 7.09. The van der Waals surface area contributed by atoms with Crippen LogP contribution in [0.1, 0.15) is 65.2 Å². The van der Waals surface area contributed by atoms with Crippen LogP contribution in [0, 0.1) is 28.6 Å². The van der Waals surface area contributed by atoms with Gasteiger partial charge in [-0.3, -0.25) is 4.79 Å². The molecule has 4 aliphatic rings. The van der Waals surface area contributed by atoms with Crippen molar-refractivity contribution in [2.24, 2.45) is 28.6 Å². The number of halogens is 1. The molecule has 4 rings (SSSR count). The van der Waals surface area contributed by atoms with Crippen LogP contribution in [0.15, 0.2) is 11.6 Å². The van der Waals surface area contributed by atoms with Crippen LogP contribution in [0.5, 0.6) is 0 Å². The third-order valence-electron chi connectivity index (χ3n) is 8.49. The van der Waals surface area contributed by atoms with Crippen molar-refractivity contribution in [3.8, 4) is 0 Å². The molecule has 0 saturated heterocycles. The SMILES string of the molecule is C[C@]12CC[C@H]3[C@@H](CCC4=CC(=O)CC[C@@]43C)[C@@H]1CC[C@H]2OC(=O)NCCCl. The van der Waals surface area contributed by atoms with E-state index >= 15 is 0 Å². The fourth-order valence-electron chi connectivity index (χ4n) is 7.03. The van der Waals surface area contributed by atoms with Gasteiger partial charge in [0, 0.05) is 24.3 Å². The Hall–Kier alpha value is -1.03. The molecule has 3 fully saturated rings. The van der Waals surface area contributed by atoms with Crippen molar-refractivity contribution < 1.29 is 14.3 Å². The third-order valence-corrected chi connectivity index (χ3v) is 8.68. The topological polar surface area (TPSA) is 55.4 Å². The summed E-state index contributed by atoms with van der Waals surface area (Å²) in [6, 6.07) is 0. The van der Waals surface area contributed by atoms with Crippen molar-refractivity contribution in [1.29, 1.82) is 0 Å². The Balaban J connectivity index is 1.51. The maximum absolute atomic E-state index is 12.1. The number of nitrogens with one attached hydrogen (secondary N) is 1. The summed E-state index contributed by atoms with van der Waals surface area (Å²) in [5.74, 6) is 2.71. The Morgan fingerprint density at radius 2 is 2.00 bits per heavy atom. The van der Waals surface area contributed by atoms with Crippen molar-refractivity contribution in [3.63, 3.8) is 0 Å². The highest BCUT2D eigenvalue weighted by molar-refractivity contribution is 6.18. The second-order valence-corrected chi connectivity index (χ2v) is 9.98. The van der Waals surface area contributed by atoms with Gasteiger partial charge in [-0.15, -0.1) is 11.6 Å². The van der Waals surface area contributed by atoms with Gasteiger partial charge in [0.15, 0.2) is 5.78 Å². The Morgan fingerprint density at radius 3 is 2.78 bits per heavy atom. The fourth-order valence-corrected chi connectivity index (χ4v) is 7.12. The van der Waals surface area contributed by atoms with Gasteiger partial charge in [-0.2, -0.15) is 0 Å². The first-order valence-electron chi connectivity index (χ1n) is 10.6. The number of hydrogen-bond donors (Lipinski definition) is 1. The smallest absolute Gasteiger partial charge is 0.407 e. The molecule has 150 valence electrons. The van der Waals surface area contributed by atoms with Crippen LogP contribution >= 0.6 is 11.6 Å². The Bertz CT molecular complexity index is 662. The molecule has 0 heterocycles. The van der Waals surface area contributed by atoms with E-state index < -0.39 is 0 Å². The number of rotatable bonds is 3. The molecule has 0 bridgehead atoms. The number of alkyl halides is 1. The van der Waals surface area contributed by atoms with Crippen LogP contribution < -0.4 is 5.32 Å². The predicted octanol–water partition coefficient (Wildman–Crippen LogP) is 4.85. The number of carbonyl (C=O) groups is 2. The molecule has 0 aromatic heterocycles. The van der Waals surface area contributed by atoms with Gasteiger partial charge in [-0.25, -0.2) is 4.79 Å². The molecule has 4 nitrogen and oxygen atoms in total. The van der Waals surface area contributed by atoms with E-state index in [-0.39, 0.29) is 23.0 Å². The van der Waals surface area contributed by atoms with Gasteiger partial charge in [-0.05, 0) is 74.2 Å². The largest absolute Gasteiger partial charge is 0.446 e. The van der Waals surface area contributed by atoms with Crippen LogP contribution in [-0.2, 0) is 9.53 Å². The lowest BCUT2D eigenvalue weighted by atomic mass is 9.47. The number of fused-ring (bicyclic) bond motifs is 5. The van der Waals surface area contributed by atoms with Gasteiger partial charge in [0.1, 0.15) is 6.10 Å². The van der Waals surface area contributed by atoms with E-state index in [0.717, 1.165) is 32.1 Å². The lowest BCUT2D eigenvalue weighted by molar-refractivity contribution is -0.118. The molecule has 6 atom stereocenters. The summed E-state index contributed by atoms with van der Waals surface area (Å²) in [6.07, 6.45) is 10.0. The van der Waals surface area contributed by atoms with Crippen LogP contribution in [0.2, 0.25) is 0 Å².